The number of carbonyl (C=O) groups is 1. The maximum absolute atomic E-state index is 13.4. The normalized spacial score (nSPS) is 10.3. The van der Waals surface area contributed by atoms with Gasteiger partial charge in [-0.1, -0.05) is 6.07 Å². The van der Waals surface area contributed by atoms with Crippen LogP contribution >= 0.6 is 0 Å². The Bertz CT molecular complexity index is 624. The molecule has 2 aromatic rings. The van der Waals surface area contributed by atoms with Crippen LogP contribution in [0.25, 0.3) is 0 Å². The number of nitrogens with one attached hydrogen (secondary N) is 1. The third-order valence-electron chi connectivity index (χ3n) is 2.40. The van der Waals surface area contributed by atoms with Crippen molar-refractivity contribution in [2.75, 3.05) is 5.32 Å². The first-order chi connectivity index (χ1) is 8.99. The van der Waals surface area contributed by atoms with Crippen molar-refractivity contribution >= 4 is 11.6 Å². The lowest BCUT2D eigenvalue weighted by Gasteiger charge is -2.08. The number of rotatable bonds is 2. The number of hydrogen-bond donors (Lipinski definition) is 2. The zero-order valence-electron chi connectivity index (χ0n) is 9.45. The van der Waals surface area contributed by atoms with Crippen LogP contribution in [0.5, 0.6) is 5.75 Å². The molecule has 0 unspecified atom stereocenters. The molecule has 2 rings (SSSR count). The fourth-order valence-corrected chi connectivity index (χ4v) is 1.52. The topological polar surface area (TPSA) is 49.3 Å². The van der Waals surface area contributed by atoms with Crippen molar-refractivity contribution in [1.82, 2.24) is 0 Å². The molecule has 0 radical (unpaired) electrons. The van der Waals surface area contributed by atoms with Gasteiger partial charge in [0.15, 0.2) is 0 Å². The zero-order chi connectivity index (χ0) is 14.0. The summed E-state index contributed by atoms with van der Waals surface area (Å²) in [5.41, 5.74) is -1.07. The Labute approximate surface area is 106 Å². The second-order valence-electron chi connectivity index (χ2n) is 3.71. The van der Waals surface area contributed by atoms with Crippen molar-refractivity contribution in [2.45, 2.75) is 0 Å². The van der Waals surface area contributed by atoms with E-state index in [4.69, 9.17) is 0 Å². The first-order valence-corrected chi connectivity index (χ1v) is 5.23. The molecule has 0 fully saturated rings. The molecule has 0 heterocycles. The average molecular weight is 267 g/mol. The van der Waals surface area contributed by atoms with Gasteiger partial charge in [-0.05, 0) is 24.3 Å². The first kappa shape index (κ1) is 12.9. The van der Waals surface area contributed by atoms with Crippen LogP contribution in [-0.2, 0) is 0 Å². The van der Waals surface area contributed by atoms with Crippen molar-refractivity contribution in [3.63, 3.8) is 0 Å². The summed E-state index contributed by atoms with van der Waals surface area (Å²) >= 11 is 0. The molecule has 19 heavy (non-hydrogen) atoms. The molecule has 0 aliphatic carbocycles. The molecule has 0 saturated heterocycles. The third-order valence-corrected chi connectivity index (χ3v) is 2.40. The maximum atomic E-state index is 13.4. The number of carbonyl (C=O) groups excluding carboxylic acids is 1. The number of benzene rings is 2. The first-order valence-electron chi connectivity index (χ1n) is 5.23. The maximum Gasteiger partial charge on any atom is 0.262 e. The quantitative estimate of drug-likeness (QED) is 0.878. The minimum absolute atomic E-state index is 0.437. The van der Waals surface area contributed by atoms with Crippen LogP contribution in [0.4, 0.5) is 18.9 Å². The van der Waals surface area contributed by atoms with Crippen LogP contribution in [0.1, 0.15) is 10.4 Å². The van der Waals surface area contributed by atoms with E-state index < -0.39 is 40.4 Å². The van der Waals surface area contributed by atoms with Gasteiger partial charge >= 0.3 is 0 Å². The van der Waals surface area contributed by atoms with Gasteiger partial charge < -0.3 is 10.4 Å². The van der Waals surface area contributed by atoms with E-state index in [0.717, 1.165) is 30.3 Å². The van der Waals surface area contributed by atoms with Crippen LogP contribution in [-0.4, -0.2) is 11.0 Å². The highest BCUT2D eigenvalue weighted by atomic mass is 19.1. The Kier molecular flexibility index (Phi) is 3.41. The van der Waals surface area contributed by atoms with E-state index in [0.29, 0.717) is 0 Å². The molecule has 1 amide bonds. The van der Waals surface area contributed by atoms with Gasteiger partial charge in [0.05, 0.1) is 5.69 Å². The molecule has 0 saturated carbocycles. The molecule has 0 bridgehead atoms. The highest BCUT2D eigenvalue weighted by Crippen LogP contribution is 2.22. The van der Waals surface area contributed by atoms with E-state index >= 15 is 0 Å². The highest BCUT2D eigenvalue weighted by Gasteiger charge is 2.18. The second kappa shape index (κ2) is 5.01. The minimum Gasteiger partial charge on any atom is -0.507 e. The van der Waals surface area contributed by atoms with E-state index in [-0.39, 0.29) is 0 Å². The van der Waals surface area contributed by atoms with Crippen molar-refractivity contribution in [2.24, 2.45) is 0 Å². The molecule has 0 aromatic heterocycles. The van der Waals surface area contributed by atoms with E-state index in [1.807, 2.05) is 5.32 Å². The van der Waals surface area contributed by atoms with Crippen LogP contribution in [0.3, 0.4) is 0 Å². The summed E-state index contributed by atoms with van der Waals surface area (Å²) in [6.45, 7) is 0. The predicted octanol–water partition coefficient (Wildman–Crippen LogP) is 3.06. The number of halogens is 3. The Morgan fingerprint density at radius 3 is 2.47 bits per heavy atom. The van der Waals surface area contributed by atoms with E-state index in [1.54, 1.807) is 0 Å². The summed E-state index contributed by atoms with van der Waals surface area (Å²) in [5.74, 6) is -4.25. The van der Waals surface area contributed by atoms with Gasteiger partial charge in [-0.25, -0.2) is 13.2 Å². The lowest BCUT2D eigenvalue weighted by molar-refractivity contribution is 0.102. The van der Waals surface area contributed by atoms with E-state index in [1.165, 1.54) is 6.07 Å². The van der Waals surface area contributed by atoms with Gasteiger partial charge in [0.1, 0.15) is 28.8 Å². The fourth-order valence-electron chi connectivity index (χ4n) is 1.52. The van der Waals surface area contributed by atoms with Gasteiger partial charge in [0, 0.05) is 6.07 Å². The van der Waals surface area contributed by atoms with Crippen LogP contribution < -0.4 is 5.32 Å². The third kappa shape index (κ3) is 2.67. The molecular weight excluding hydrogens is 259 g/mol. The molecule has 6 heteroatoms. The van der Waals surface area contributed by atoms with E-state index in [2.05, 4.69) is 0 Å². The van der Waals surface area contributed by atoms with Crippen molar-refractivity contribution in [3.8, 4) is 5.75 Å². The number of amides is 1. The van der Waals surface area contributed by atoms with Crippen molar-refractivity contribution < 1.29 is 23.1 Å². The smallest absolute Gasteiger partial charge is 0.262 e. The molecule has 2 aromatic carbocycles. The average Bonchev–Trinajstić information content (AvgIpc) is 2.33. The molecule has 0 atom stereocenters. The number of anilines is 1. The highest BCUT2D eigenvalue weighted by molar-refractivity contribution is 6.06. The Balaban J connectivity index is 2.34. The molecule has 0 aliphatic heterocycles. The van der Waals surface area contributed by atoms with Gasteiger partial charge in [-0.2, -0.15) is 0 Å². The van der Waals surface area contributed by atoms with Gasteiger partial charge in [0.2, 0.25) is 0 Å². The number of phenols is 1. The zero-order valence-corrected chi connectivity index (χ0v) is 9.45. The Morgan fingerprint density at radius 2 is 1.79 bits per heavy atom. The van der Waals surface area contributed by atoms with Gasteiger partial charge in [-0.15, -0.1) is 0 Å². The monoisotopic (exact) mass is 267 g/mol. The SMILES string of the molecule is O=C(Nc1cc(F)ccc1F)c1c(O)cccc1F. The Hall–Kier alpha value is -2.50. The minimum atomic E-state index is -1.07. The lowest BCUT2D eigenvalue weighted by Crippen LogP contribution is -2.15. The van der Waals surface area contributed by atoms with Crippen molar-refractivity contribution in [1.29, 1.82) is 0 Å². The van der Waals surface area contributed by atoms with E-state index in [9.17, 15) is 23.1 Å². The van der Waals surface area contributed by atoms with Crippen LogP contribution in [0.15, 0.2) is 36.4 Å². The standard InChI is InChI=1S/C13H8F3NO2/c14-7-4-5-8(15)10(6-7)17-13(19)12-9(16)2-1-3-11(12)18/h1-6,18H,(H,17,19). The molecule has 98 valence electrons. The second-order valence-corrected chi connectivity index (χ2v) is 3.71. The fraction of sp³-hybridized carbons (Fsp3) is 0. The summed E-state index contributed by atoms with van der Waals surface area (Å²) in [6.07, 6.45) is 0. The molecule has 0 spiro atoms. The van der Waals surface area contributed by atoms with Crippen LogP contribution in [0, 0.1) is 17.5 Å². The molecule has 2 N–H and O–H groups in total. The molecular formula is C13H8F3NO2. The Morgan fingerprint density at radius 1 is 1.05 bits per heavy atom. The van der Waals surface area contributed by atoms with Crippen molar-refractivity contribution in [3.05, 3.63) is 59.4 Å². The van der Waals surface area contributed by atoms with Crippen LogP contribution in [0.2, 0.25) is 0 Å². The van der Waals surface area contributed by atoms with Gasteiger partial charge in [0.25, 0.3) is 5.91 Å². The summed E-state index contributed by atoms with van der Waals surface area (Å²) in [4.78, 5) is 11.7. The largest absolute Gasteiger partial charge is 0.507 e. The summed E-state index contributed by atoms with van der Waals surface area (Å²) in [5, 5.41) is 11.4. The summed E-state index contributed by atoms with van der Waals surface area (Å²) in [6, 6.07) is 5.75. The summed E-state index contributed by atoms with van der Waals surface area (Å²) < 4.78 is 39.6. The number of hydrogen-bond acceptors (Lipinski definition) is 2. The van der Waals surface area contributed by atoms with Gasteiger partial charge in [-0.3, -0.25) is 4.79 Å². The number of aromatic hydroxyl groups is 1. The number of phenolic OH excluding ortho intramolecular Hbond substituents is 1. The predicted molar refractivity (Wildman–Crippen MR) is 62.4 cm³/mol. The molecule has 0 aliphatic rings. The molecule has 3 nitrogen and oxygen atoms in total. The lowest BCUT2D eigenvalue weighted by atomic mass is 10.1. The summed E-state index contributed by atoms with van der Waals surface area (Å²) in [7, 11) is 0.